The molecule has 0 radical (unpaired) electrons. The van der Waals surface area contributed by atoms with Gasteiger partial charge in [0.1, 0.15) is 5.60 Å². The van der Waals surface area contributed by atoms with Crippen LogP contribution in [0.25, 0.3) is 22.8 Å². The van der Waals surface area contributed by atoms with Crippen molar-refractivity contribution in [3.05, 3.63) is 66.4 Å². The van der Waals surface area contributed by atoms with Gasteiger partial charge in [0.15, 0.2) is 5.76 Å². The lowest BCUT2D eigenvalue weighted by Crippen LogP contribution is -2.51. The molecule has 8 heteroatoms. The van der Waals surface area contributed by atoms with Crippen molar-refractivity contribution in [1.82, 2.24) is 20.1 Å². The number of nitrogens with zero attached hydrogens (tertiary/aromatic N) is 3. The van der Waals surface area contributed by atoms with Crippen LogP contribution in [-0.2, 0) is 4.74 Å². The molecule has 35 heavy (non-hydrogen) atoms. The maximum absolute atomic E-state index is 13.0. The average molecular weight is 477 g/mol. The summed E-state index contributed by atoms with van der Waals surface area (Å²) in [6, 6.07) is 17.0. The Labute approximate surface area is 205 Å². The molecule has 184 valence electrons. The number of aromatic nitrogens is 1. The van der Waals surface area contributed by atoms with Crippen molar-refractivity contribution < 1.29 is 18.7 Å². The van der Waals surface area contributed by atoms with Crippen LogP contribution in [0.4, 0.5) is 4.79 Å². The number of carbonyl (C=O) groups excluding carboxylic acids is 2. The third kappa shape index (κ3) is 6.48. The van der Waals surface area contributed by atoms with Crippen LogP contribution in [0.5, 0.6) is 0 Å². The Hall–Kier alpha value is -3.65. The summed E-state index contributed by atoms with van der Waals surface area (Å²) in [7, 11) is 0. The topological polar surface area (TPSA) is 87.9 Å². The van der Waals surface area contributed by atoms with E-state index in [4.69, 9.17) is 9.15 Å². The molecule has 4 rings (SSSR count). The number of piperazine rings is 1. The Morgan fingerprint density at radius 2 is 1.69 bits per heavy atom. The lowest BCUT2D eigenvalue weighted by molar-refractivity contribution is 0.0147. The number of oxazole rings is 1. The van der Waals surface area contributed by atoms with Crippen molar-refractivity contribution in [2.75, 3.05) is 39.3 Å². The van der Waals surface area contributed by atoms with E-state index in [0.29, 0.717) is 49.0 Å². The molecule has 2 aromatic carbocycles. The number of carbonyl (C=O) groups is 2. The predicted octanol–water partition coefficient (Wildman–Crippen LogP) is 4.29. The summed E-state index contributed by atoms with van der Waals surface area (Å²) in [4.78, 5) is 33.6. The van der Waals surface area contributed by atoms with Gasteiger partial charge in [-0.2, -0.15) is 0 Å². The molecule has 0 aliphatic carbocycles. The maximum atomic E-state index is 13.0. The molecule has 3 aromatic rings. The van der Waals surface area contributed by atoms with E-state index in [9.17, 15) is 9.59 Å². The lowest BCUT2D eigenvalue weighted by Gasteiger charge is -2.35. The quantitative estimate of drug-likeness (QED) is 0.571. The molecule has 0 spiro atoms. The number of hydrogen-bond acceptors (Lipinski definition) is 6. The standard InChI is InChI=1S/C27H32N4O4/c1-27(2,3)35-26(33)31-17-15-30(16-18-31)14-13-28-24(32)21-11-7-8-12-22(21)25-29-19-23(34-25)20-9-5-4-6-10-20/h4-12,19H,13-18H2,1-3H3,(H,28,32). The van der Waals surface area contributed by atoms with Crippen molar-refractivity contribution in [1.29, 1.82) is 0 Å². The molecule has 1 aliphatic rings. The zero-order chi connectivity index (χ0) is 24.8. The van der Waals surface area contributed by atoms with E-state index in [0.717, 1.165) is 18.7 Å². The Kier molecular flexibility index (Phi) is 7.51. The van der Waals surface area contributed by atoms with Crippen LogP contribution >= 0.6 is 0 Å². The van der Waals surface area contributed by atoms with Gasteiger partial charge in [-0.05, 0) is 32.9 Å². The first-order valence-corrected chi connectivity index (χ1v) is 11.9. The lowest BCUT2D eigenvalue weighted by atomic mass is 10.1. The Morgan fingerprint density at radius 3 is 2.40 bits per heavy atom. The molecule has 0 bridgehead atoms. The summed E-state index contributed by atoms with van der Waals surface area (Å²) in [5, 5.41) is 3.00. The highest BCUT2D eigenvalue weighted by Crippen LogP contribution is 2.28. The highest BCUT2D eigenvalue weighted by atomic mass is 16.6. The zero-order valence-corrected chi connectivity index (χ0v) is 20.5. The number of nitrogens with one attached hydrogen (secondary N) is 1. The fourth-order valence-electron chi connectivity index (χ4n) is 3.91. The predicted molar refractivity (Wildman–Crippen MR) is 134 cm³/mol. The molecule has 2 amide bonds. The fourth-order valence-corrected chi connectivity index (χ4v) is 3.91. The molecule has 0 unspecified atom stereocenters. The van der Waals surface area contributed by atoms with Gasteiger partial charge in [0, 0.05) is 50.4 Å². The molecule has 1 aliphatic heterocycles. The summed E-state index contributed by atoms with van der Waals surface area (Å²) < 4.78 is 11.4. The van der Waals surface area contributed by atoms with Gasteiger partial charge in [-0.15, -0.1) is 0 Å². The largest absolute Gasteiger partial charge is 0.444 e. The first-order valence-electron chi connectivity index (χ1n) is 11.9. The molecule has 2 heterocycles. The van der Waals surface area contributed by atoms with E-state index in [1.165, 1.54) is 0 Å². The zero-order valence-electron chi connectivity index (χ0n) is 20.5. The van der Waals surface area contributed by atoms with Gasteiger partial charge in [0.25, 0.3) is 5.91 Å². The molecule has 1 fully saturated rings. The van der Waals surface area contributed by atoms with Crippen molar-refractivity contribution in [2.45, 2.75) is 26.4 Å². The first-order chi connectivity index (χ1) is 16.8. The van der Waals surface area contributed by atoms with Crippen molar-refractivity contribution in [2.24, 2.45) is 0 Å². The number of amides is 2. The smallest absolute Gasteiger partial charge is 0.410 e. The maximum Gasteiger partial charge on any atom is 0.410 e. The number of rotatable bonds is 6. The van der Waals surface area contributed by atoms with E-state index in [2.05, 4.69) is 15.2 Å². The van der Waals surface area contributed by atoms with E-state index in [-0.39, 0.29) is 12.0 Å². The van der Waals surface area contributed by atoms with Crippen LogP contribution in [0, 0.1) is 0 Å². The summed E-state index contributed by atoms with van der Waals surface area (Å²) in [6.07, 6.45) is 1.40. The fraction of sp³-hybridized carbons (Fsp3) is 0.370. The van der Waals surface area contributed by atoms with Crippen LogP contribution in [0.15, 0.2) is 65.2 Å². The monoisotopic (exact) mass is 476 g/mol. The second kappa shape index (κ2) is 10.7. The highest BCUT2D eigenvalue weighted by molar-refractivity contribution is 6.00. The molecule has 1 saturated heterocycles. The van der Waals surface area contributed by atoms with Gasteiger partial charge in [0.05, 0.1) is 11.8 Å². The van der Waals surface area contributed by atoms with Gasteiger partial charge in [-0.3, -0.25) is 9.69 Å². The SMILES string of the molecule is CC(C)(C)OC(=O)N1CCN(CCNC(=O)c2ccccc2-c2ncc(-c3ccccc3)o2)CC1. The number of ether oxygens (including phenoxy) is 1. The second-order valence-corrected chi connectivity index (χ2v) is 9.51. The van der Waals surface area contributed by atoms with Gasteiger partial charge in [0.2, 0.25) is 5.89 Å². The van der Waals surface area contributed by atoms with Crippen LogP contribution in [0.3, 0.4) is 0 Å². The van der Waals surface area contributed by atoms with Crippen LogP contribution < -0.4 is 5.32 Å². The van der Waals surface area contributed by atoms with E-state index in [1.54, 1.807) is 17.2 Å². The molecule has 0 atom stereocenters. The molecule has 1 N–H and O–H groups in total. The third-order valence-electron chi connectivity index (χ3n) is 5.70. The molecular weight excluding hydrogens is 444 g/mol. The molecular formula is C27H32N4O4. The van der Waals surface area contributed by atoms with Gasteiger partial charge in [-0.1, -0.05) is 42.5 Å². The summed E-state index contributed by atoms with van der Waals surface area (Å²) >= 11 is 0. The Bertz CT molecular complexity index is 1150. The molecule has 8 nitrogen and oxygen atoms in total. The number of hydrogen-bond donors (Lipinski definition) is 1. The van der Waals surface area contributed by atoms with Crippen molar-refractivity contribution >= 4 is 12.0 Å². The molecule has 1 aromatic heterocycles. The summed E-state index contributed by atoms with van der Waals surface area (Å²) in [6.45, 7) is 9.51. The normalized spacial score (nSPS) is 14.5. The van der Waals surface area contributed by atoms with Crippen molar-refractivity contribution in [3.8, 4) is 22.8 Å². The van der Waals surface area contributed by atoms with Gasteiger partial charge in [-0.25, -0.2) is 9.78 Å². The van der Waals surface area contributed by atoms with Crippen LogP contribution in [0.1, 0.15) is 31.1 Å². The Balaban J connectivity index is 1.30. The minimum absolute atomic E-state index is 0.174. The Morgan fingerprint density at radius 1 is 1.00 bits per heavy atom. The van der Waals surface area contributed by atoms with E-state index < -0.39 is 5.60 Å². The summed E-state index contributed by atoms with van der Waals surface area (Å²) in [5.41, 5.74) is 1.60. The van der Waals surface area contributed by atoms with Gasteiger partial charge < -0.3 is 19.4 Å². The third-order valence-corrected chi connectivity index (χ3v) is 5.70. The summed E-state index contributed by atoms with van der Waals surface area (Å²) in [5.74, 6) is 0.890. The van der Waals surface area contributed by atoms with Crippen LogP contribution in [0.2, 0.25) is 0 Å². The minimum atomic E-state index is -0.497. The van der Waals surface area contributed by atoms with Crippen LogP contribution in [-0.4, -0.2) is 71.7 Å². The first kappa shape index (κ1) is 24.5. The van der Waals surface area contributed by atoms with Crippen molar-refractivity contribution in [3.63, 3.8) is 0 Å². The van der Waals surface area contributed by atoms with Gasteiger partial charge >= 0.3 is 6.09 Å². The number of benzene rings is 2. The average Bonchev–Trinajstić information content (AvgIpc) is 3.34. The molecule has 0 saturated carbocycles. The second-order valence-electron chi connectivity index (χ2n) is 9.51. The minimum Gasteiger partial charge on any atom is -0.444 e. The van der Waals surface area contributed by atoms with E-state index >= 15 is 0 Å². The highest BCUT2D eigenvalue weighted by Gasteiger charge is 2.26. The van der Waals surface area contributed by atoms with E-state index in [1.807, 2.05) is 69.3 Å².